The Morgan fingerprint density at radius 2 is 1.75 bits per heavy atom. The second-order valence-electron chi connectivity index (χ2n) is 11.7. The lowest BCUT2D eigenvalue weighted by Gasteiger charge is -2.40. The lowest BCUT2D eigenvalue weighted by Crippen LogP contribution is -2.58. The predicted molar refractivity (Wildman–Crippen MR) is 153 cm³/mol. The molecule has 2 unspecified atom stereocenters. The molecule has 0 radical (unpaired) electrons. The fourth-order valence-corrected chi connectivity index (χ4v) is 7.70. The van der Waals surface area contributed by atoms with Gasteiger partial charge in [0.15, 0.2) is 0 Å². The molecule has 0 aromatic heterocycles. The molecule has 1 aliphatic carbocycles. The minimum absolute atomic E-state index is 0.0210. The van der Waals surface area contributed by atoms with Crippen molar-refractivity contribution in [3.8, 4) is 0 Å². The Hall–Kier alpha value is -2.97. The fraction of sp³-hybridized carbons (Fsp3) is 0.594. The lowest BCUT2D eigenvalue weighted by molar-refractivity contribution is -0.150. The third-order valence-electron chi connectivity index (χ3n) is 9.40. The van der Waals surface area contributed by atoms with Gasteiger partial charge in [0.1, 0.15) is 11.6 Å². The van der Waals surface area contributed by atoms with Gasteiger partial charge in [-0.05, 0) is 50.7 Å². The van der Waals surface area contributed by atoms with Gasteiger partial charge in [0, 0.05) is 38.0 Å². The number of unbranched alkanes of at least 4 members (excludes halogenated alkanes) is 1. The Kier molecular flexibility index (Phi) is 8.76. The number of aliphatic hydroxyl groups is 1. The number of anilines is 1. The smallest absolute Gasteiger partial charge is 0.248 e. The zero-order valence-electron chi connectivity index (χ0n) is 23.5. The van der Waals surface area contributed by atoms with Gasteiger partial charge in [0.2, 0.25) is 17.7 Å². The van der Waals surface area contributed by atoms with Crippen LogP contribution in [0.3, 0.4) is 0 Å². The van der Waals surface area contributed by atoms with Crippen LogP contribution in [0.2, 0.25) is 0 Å². The molecular weight excluding hydrogens is 506 g/mol. The Morgan fingerprint density at radius 3 is 2.42 bits per heavy atom. The molecule has 40 heavy (non-hydrogen) atoms. The number of hydrogen-bond donors (Lipinski definition) is 1. The summed E-state index contributed by atoms with van der Waals surface area (Å²) in [5.74, 6) is -1.80. The van der Waals surface area contributed by atoms with Gasteiger partial charge in [-0.3, -0.25) is 14.4 Å². The molecule has 3 saturated heterocycles. The van der Waals surface area contributed by atoms with E-state index in [2.05, 4.69) is 13.2 Å². The van der Waals surface area contributed by atoms with Gasteiger partial charge in [0.05, 0.1) is 17.9 Å². The fourth-order valence-electron chi connectivity index (χ4n) is 7.70. The monoisotopic (exact) mass is 549 g/mol. The van der Waals surface area contributed by atoms with Crippen molar-refractivity contribution in [2.75, 3.05) is 31.1 Å². The molecular formula is C32H43N3O5. The molecule has 4 fully saturated rings. The topological polar surface area (TPSA) is 90.4 Å². The summed E-state index contributed by atoms with van der Waals surface area (Å²) in [5.41, 5.74) is -0.278. The van der Waals surface area contributed by atoms with Gasteiger partial charge < -0.3 is 24.5 Å². The summed E-state index contributed by atoms with van der Waals surface area (Å²) in [7, 11) is 0. The largest absolute Gasteiger partial charge is 0.396 e. The van der Waals surface area contributed by atoms with Crippen LogP contribution in [0.1, 0.15) is 57.8 Å². The molecule has 3 heterocycles. The molecule has 216 valence electrons. The third-order valence-corrected chi connectivity index (χ3v) is 9.40. The Bertz CT molecular complexity index is 1100. The molecule has 2 bridgehead atoms. The van der Waals surface area contributed by atoms with Gasteiger partial charge in [0.25, 0.3) is 0 Å². The number of hydrogen-bond acceptors (Lipinski definition) is 5. The van der Waals surface area contributed by atoms with E-state index < -0.39 is 29.6 Å². The van der Waals surface area contributed by atoms with Crippen LogP contribution in [0.4, 0.5) is 5.69 Å². The Balaban J connectivity index is 1.51. The minimum atomic E-state index is -1.02. The van der Waals surface area contributed by atoms with E-state index in [1.54, 1.807) is 22.0 Å². The van der Waals surface area contributed by atoms with Crippen LogP contribution < -0.4 is 4.90 Å². The van der Waals surface area contributed by atoms with Crippen LogP contribution in [-0.4, -0.2) is 82.7 Å². The van der Waals surface area contributed by atoms with Gasteiger partial charge in [-0.25, -0.2) is 0 Å². The van der Waals surface area contributed by atoms with E-state index in [1.165, 1.54) is 6.42 Å². The van der Waals surface area contributed by atoms with Gasteiger partial charge >= 0.3 is 0 Å². The molecule has 4 aliphatic rings. The predicted octanol–water partition coefficient (Wildman–Crippen LogP) is 3.70. The van der Waals surface area contributed by atoms with Crippen LogP contribution >= 0.6 is 0 Å². The molecule has 1 aromatic carbocycles. The van der Waals surface area contributed by atoms with Crippen molar-refractivity contribution in [1.82, 2.24) is 9.80 Å². The Morgan fingerprint density at radius 1 is 1.02 bits per heavy atom. The van der Waals surface area contributed by atoms with Crippen molar-refractivity contribution in [3.05, 3.63) is 55.6 Å². The average Bonchev–Trinajstić information content (AvgIpc) is 3.62. The first-order valence-corrected chi connectivity index (χ1v) is 15.0. The molecule has 3 aliphatic heterocycles. The normalized spacial score (nSPS) is 29.3. The van der Waals surface area contributed by atoms with Gasteiger partial charge in [-0.1, -0.05) is 49.6 Å². The van der Waals surface area contributed by atoms with Crippen molar-refractivity contribution in [2.45, 2.75) is 81.6 Å². The lowest BCUT2D eigenvalue weighted by atomic mass is 9.70. The number of carbonyl (C=O) groups excluding carboxylic acids is 3. The minimum Gasteiger partial charge on any atom is -0.396 e. The first-order valence-electron chi connectivity index (χ1n) is 15.0. The summed E-state index contributed by atoms with van der Waals surface area (Å²) in [4.78, 5) is 48.3. The highest BCUT2D eigenvalue weighted by molar-refractivity contribution is 6.03. The van der Waals surface area contributed by atoms with Crippen LogP contribution in [0.5, 0.6) is 0 Å². The van der Waals surface area contributed by atoms with E-state index in [9.17, 15) is 19.5 Å². The molecule has 8 heteroatoms. The maximum Gasteiger partial charge on any atom is 0.248 e. The molecule has 3 amide bonds. The number of amides is 3. The molecule has 1 aromatic rings. The summed E-state index contributed by atoms with van der Waals surface area (Å²) in [6.45, 7) is 8.89. The number of ether oxygens (including phenoxy) is 1. The highest BCUT2D eigenvalue weighted by Gasteiger charge is 2.75. The molecule has 5 atom stereocenters. The van der Waals surface area contributed by atoms with E-state index in [0.29, 0.717) is 45.3 Å². The van der Waals surface area contributed by atoms with Crippen molar-refractivity contribution < 1.29 is 24.2 Å². The van der Waals surface area contributed by atoms with E-state index >= 15 is 0 Å². The highest BCUT2D eigenvalue weighted by atomic mass is 16.5. The summed E-state index contributed by atoms with van der Waals surface area (Å²) >= 11 is 0. The Labute approximate surface area is 237 Å². The maximum absolute atomic E-state index is 14.5. The quantitative estimate of drug-likeness (QED) is 0.317. The molecule has 8 nitrogen and oxygen atoms in total. The van der Waals surface area contributed by atoms with E-state index in [1.807, 2.05) is 35.2 Å². The third kappa shape index (κ3) is 4.90. The number of likely N-dealkylation sites (tertiary alicyclic amines) is 1. The maximum atomic E-state index is 14.5. The molecule has 1 saturated carbocycles. The first-order chi connectivity index (χ1) is 19.5. The van der Waals surface area contributed by atoms with Crippen molar-refractivity contribution >= 4 is 23.4 Å². The first kappa shape index (κ1) is 28.6. The number of rotatable bonds is 12. The van der Waals surface area contributed by atoms with Crippen LogP contribution in [-0.2, 0) is 19.1 Å². The standard InChI is InChI=1S/C32H43N3O5/c1-3-19-33(23-13-7-5-8-14-23)29(37)26-25-17-18-32(40-25)27(26)30(38)35(21-11-12-22-36)28(32)31(39)34(20-4-2)24-15-9-6-10-16-24/h3-5,7-8,13-14,24-28,36H,1-2,6,9-12,15-22H2/t25-,26+,27+,28?,32?/m1/s1. The number of para-hydroxylation sites is 1. The zero-order chi connectivity index (χ0) is 28.3. The van der Waals surface area contributed by atoms with Crippen molar-refractivity contribution in [1.29, 1.82) is 0 Å². The summed E-state index contributed by atoms with van der Waals surface area (Å²) in [5, 5.41) is 9.44. The van der Waals surface area contributed by atoms with Crippen molar-refractivity contribution in [3.63, 3.8) is 0 Å². The van der Waals surface area contributed by atoms with Gasteiger partial charge in [-0.15, -0.1) is 13.2 Å². The second kappa shape index (κ2) is 12.3. The summed E-state index contributed by atoms with van der Waals surface area (Å²) in [6.07, 6.45) is 10.6. The van der Waals surface area contributed by atoms with Crippen LogP contribution in [0.15, 0.2) is 55.6 Å². The second-order valence-corrected chi connectivity index (χ2v) is 11.7. The number of nitrogens with zero attached hydrogens (tertiary/aromatic N) is 3. The molecule has 5 rings (SSSR count). The number of aliphatic hydroxyl groups excluding tert-OH is 1. The highest BCUT2D eigenvalue weighted by Crippen LogP contribution is 2.59. The summed E-state index contributed by atoms with van der Waals surface area (Å²) in [6, 6.07) is 8.76. The van der Waals surface area contributed by atoms with Crippen molar-refractivity contribution in [2.24, 2.45) is 11.8 Å². The van der Waals surface area contributed by atoms with Crippen LogP contribution in [0, 0.1) is 11.8 Å². The van der Waals surface area contributed by atoms with Crippen LogP contribution in [0.25, 0.3) is 0 Å². The van der Waals surface area contributed by atoms with Gasteiger partial charge in [-0.2, -0.15) is 0 Å². The molecule has 1 spiro atoms. The molecule has 1 N–H and O–H groups in total. The number of fused-ring (bicyclic) bond motifs is 1. The zero-order valence-corrected chi connectivity index (χ0v) is 23.5. The van der Waals surface area contributed by atoms with E-state index in [4.69, 9.17) is 4.74 Å². The summed E-state index contributed by atoms with van der Waals surface area (Å²) < 4.78 is 6.68. The SMILES string of the molecule is C=CCN(C(=O)[C@@H]1[C@H]2C(=O)N(CCCCO)C(C(=O)N(CC=C)C3CCCCC3)C23CC[C@H]1O3)c1ccccc1. The number of carbonyl (C=O) groups is 3. The average molecular weight is 550 g/mol. The number of benzene rings is 1. The van der Waals surface area contributed by atoms with E-state index in [0.717, 1.165) is 31.4 Å². The van der Waals surface area contributed by atoms with E-state index in [-0.39, 0.29) is 30.4 Å².